The average molecular weight is 581 g/mol. The molecule has 0 atom stereocenters. The Morgan fingerprint density at radius 3 is 2.62 bits per heavy atom. The number of piperidine rings is 1. The molecule has 0 radical (unpaired) electrons. The van der Waals surface area contributed by atoms with Gasteiger partial charge >= 0.3 is 0 Å². The summed E-state index contributed by atoms with van der Waals surface area (Å²) in [7, 11) is 0. The van der Waals surface area contributed by atoms with Crippen LogP contribution in [-0.4, -0.2) is 83.0 Å². The van der Waals surface area contributed by atoms with Crippen molar-refractivity contribution in [3.63, 3.8) is 0 Å². The summed E-state index contributed by atoms with van der Waals surface area (Å²) in [6, 6.07) is 14.7. The van der Waals surface area contributed by atoms with Crippen molar-refractivity contribution in [1.82, 2.24) is 14.5 Å². The zero-order chi connectivity index (χ0) is 29.8. The van der Waals surface area contributed by atoms with E-state index in [1.807, 2.05) is 30.3 Å². The first kappa shape index (κ1) is 30.8. The van der Waals surface area contributed by atoms with Gasteiger partial charge in [0.25, 0.3) is 5.56 Å². The molecule has 13 nitrogen and oxygen atoms in total. The largest absolute Gasteiger partial charge is 0.388 e. The number of aromatic nitrogens is 2. The Kier molecular flexibility index (Phi) is 11.1. The Balaban J connectivity index is 1.25. The molecule has 1 aromatic heterocycles. The first-order chi connectivity index (χ1) is 20.4. The van der Waals surface area contributed by atoms with E-state index in [2.05, 4.69) is 20.6 Å². The molecule has 4 rings (SSSR count). The fraction of sp³-hybridized carbons (Fsp3) is 0.448. The van der Waals surface area contributed by atoms with Crippen molar-refractivity contribution in [3.05, 3.63) is 70.8 Å². The van der Waals surface area contributed by atoms with E-state index in [0.717, 1.165) is 5.56 Å². The van der Waals surface area contributed by atoms with Gasteiger partial charge in [-0.15, -0.1) is 0 Å². The number of rotatable bonds is 14. The number of carbonyl (C=O) groups excluding carboxylic acids is 2. The number of nitrogens with two attached hydrogens (primary N) is 1. The number of fused-ring (bicyclic) bond motifs is 1. The van der Waals surface area contributed by atoms with E-state index in [9.17, 15) is 19.5 Å². The predicted molar refractivity (Wildman–Crippen MR) is 154 cm³/mol. The number of anilines is 1. The minimum absolute atomic E-state index is 0.0673. The third-order valence-corrected chi connectivity index (χ3v) is 7.15. The molecule has 0 saturated carbocycles. The third kappa shape index (κ3) is 8.90. The van der Waals surface area contributed by atoms with Crippen LogP contribution in [0.25, 0.3) is 10.9 Å². The lowest BCUT2D eigenvalue weighted by Gasteiger charge is -2.38. The summed E-state index contributed by atoms with van der Waals surface area (Å²) in [6.07, 6.45) is 3.25. The Hall–Kier alpha value is -4.20. The molecule has 1 aliphatic heterocycles. The van der Waals surface area contributed by atoms with Crippen LogP contribution in [0.1, 0.15) is 24.8 Å². The lowest BCUT2D eigenvalue weighted by atomic mass is 9.91. The molecule has 3 aromatic rings. The first-order valence-corrected chi connectivity index (χ1v) is 14.0. The van der Waals surface area contributed by atoms with Crippen molar-refractivity contribution >= 4 is 28.4 Å². The van der Waals surface area contributed by atoms with Crippen molar-refractivity contribution < 1.29 is 29.3 Å². The molecule has 2 amide bonds. The van der Waals surface area contributed by atoms with Gasteiger partial charge in [0.15, 0.2) is 0 Å². The number of nitrogens with zero attached hydrogens (tertiary/aromatic N) is 4. The summed E-state index contributed by atoms with van der Waals surface area (Å²) < 4.78 is 12.0. The maximum atomic E-state index is 13.2. The molecular formula is C29H38N7O6+. The number of aryl methyl sites for hydroxylation is 1. The smallest absolute Gasteiger partial charge is 0.261 e. The standard InChI is InChI=1S/C29H37N7O6/c30-34-32-12-15-41-16-17-42-19-26(37)33-23-7-8-24-25(18-23)31-21-36(28(24)39)20-29(40)10-13-35(14-11-29)27(38)9-6-22-4-2-1-3-5-22/h1-5,7-8,18,21,40H,6,9-17,19-20H2,(H2,30,32)(H,33,37)/p+1. The molecule has 0 aliphatic carbocycles. The lowest BCUT2D eigenvalue weighted by Crippen LogP contribution is -2.68. The molecule has 5 N–H and O–H groups in total. The SMILES string of the molecule is NN=[NH+]CCOCCOCC(=O)Nc1ccc2c(=O)n(CC3(O)CCN(C(=O)CCc4ccccc4)CC3)cnc2c1. The summed E-state index contributed by atoms with van der Waals surface area (Å²) >= 11 is 0. The van der Waals surface area contributed by atoms with Gasteiger partial charge in [0.05, 0.1) is 54.4 Å². The van der Waals surface area contributed by atoms with Crippen LogP contribution >= 0.6 is 0 Å². The van der Waals surface area contributed by atoms with Gasteiger partial charge in [-0.3, -0.25) is 19.0 Å². The van der Waals surface area contributed by atoms with Gasteiger partial charge in [-0.1, -0.05) is 30.3 Å². The van der Waals surface area contributed by atoms with Crippen LogP contribution in [0.3, 0.4) is 0 Å². The monoisotopic (exact) mass is 580 g/mol. The lowest BCUT2D eigenvalue weighted by molar-refractivity contribution is -0.537. The number of likely N-dealkylation sites (tertiary alicyclic amines) is 1. The zero-order valence-corrected chi connectivity index (χ0v) is 23.5. The molecule has 0 bridgehead atoms. The second-order valence-corrected chi connectivity index (χ2v) is 10.3. The number of hydrogen-bond donors (Lipinski definition) is 4. The van der Waals surface area contributed by atoms with Gasteiger partial charge in [-0.2, -0.15) is 11.0 Å². The summed E-state index contributed by atoms with van der Waals surface area (Å²) in [4.78, 5) is 44.2. The molecule has 0 spiro atoms. The number of ether oxygens (including phenoxy) is 2. The number of carbonyl (C=O) groups is 2. The Morgan fingerprint density at radius 2 is 1.86 bits per heavy atom. The van der Waals surface area contributed by atoms with Crippen LogP contribution in [0.15, 0.2) is 64.9 Å². The van der Waals surface area contributed by atoms with E-state index in [1.54, 1.807) is 23.1 Å². The van der Waals surface area contributed by atoms with Crippen molar-refractivity contribution in [2.45, 2.75) is 37.8 Å². The normalized spacial score (nSPS) is 14.8. The Labute approximate surface area is 243 Å². The molecule has 42 heavy (non-hydrogen) atoms. The van der Waals surface area contributed by atoms with E-state index in [4.69, 9.17) is 15.3 Å². The molecule has 1 fully saturated rings. The van der Waals surface area contributed by atoms with Gasteiger partial charge in [0.2, 0.25) is 11.8 Å². The highest BCUT2D eigenvalue weighted by Gasteiger charge is 2.34. The molecule has 2 heterocycles. The van der Waals surface area contributed by atoms with E-state index in [-0.39, 0.29) is 37.1 Å². The van der Waals surface area contributed by atoms with Crippen LogP contribution in [0.2, 0.25) is 0 Å². The number of nitrogens with one attached hydrogen (secondary N) is 2. The molecule has 13 heteroatoms. The predicted octanol–water partition coefficient (Wildman–Crippen LogP) is -0.239. The van der Waals surface area contributed by atoms with Gasteiger partial charge in [0, 0.05) is 25.2 Å². The van der Waals surface area contributed by atoms with Gasteiger partial charge in [-0.05, 0) is 43.0 Å². The number of aliphatic hydroxyl groups is 1. The second-order valence-electron chi connectivity index (χ2n) is 10.3. The van der Waals surface area contributed by atoms with E-state index < -0.39 is 5.60 Å². The van der Waals surface area contributed by atoms with Gasteiger partial charge in [-0.25, -0.2) is 4.98 Å². The van der Waals surface area contributed by atoms with Crippen LogP contribution in [0.4, 0.5) is 5.69 Å². The second kappa shape index (κ2) is 15.1. The zero-order valence-electron chi connectivity index (χ0n) is 23.5. The minimum atomic E-state index is -1.12. The van der Waals surface area contributed by atoms with Crippen molar-refractivity contribution in [3.8, 4) is 0 Å². The highest BCUT2D eigenvalue weighted by atomic mass is 16.5. The van der Waals surface area contributed by atoms with Crippen molar-refractivity contribution in [2.24, 2.45) is 11.1 Å². The van der Waals surface area contributed by atoms with Crippen molar-refractivity contribution in [2.75, 3.05) is 51.4 Å². The van der Waals surface area contributed by atoms with E-state index in [0.29, 0.717) is 75.1 Å². The first-order valence-electron chi connectivity index (χ1n) is 14.0. The van der Waals surface area contributed by atoms with Gasteiger partial charge < -0.3 is 24.8 Å². The average Bonchev–Trinajstić information content (AvgIpc) is 2.99. The van der Waals surface area contributed by atoms with Crippen LogP contribution < -0.4 is 21.8 Å². The fourth-order valence-electron chi connectivity index (χ4n) is 4.81. The molecule has 1 aliphatic rings. The van der Waals surface area contributed by atoms with Crippen molar-refractivity contribution in [1.29, 1.82) is 0 Å². The third-order valence-electron chi connectivity index (χ3n) is 7.15. The highest BCUT2D eigenvalue weighted by molar-refractivity contribution is 5.94. The van der Waals surface area contributed by atoms with Gasteiger partial charge in [0.1, 0.15) is 13.2 Å². The van der Waals surface area contributed by atoms with E-state index >= 15 is 0 Å². The molecular weight excluding hydrogens is 542 g/mol. The maximum absolute atomic E-state index is 13.2. The number of benzene rings is 2. The highest BCUT2D eigenvalue weighted by Crippen LogP contribution is 2.25. The van der Waals surface area contributed by atoms with Crippen LogP contribution in [0, 0.1) is 0 Å². The number of amides is 2. The van der Waals surface area contributed by atoms with Crippen LogP contribution in [-0.2, 0) is 32.0 Å². The summed E-state index contributed by atoms with van der Waals surface area (Å²) in [5, 5.41) is 20.1. The quantitative estimate of drug-likeness (QED) is 0.0874. The fourth-order valence-corrected chi connectivity index (χ4v) is 4.81. The Morgan fingerprint density at radius 1 is 1.10 bits per heavy atom. The maximum Gasteiger partial charge on any atom is 0.261 e. The molecule has 2 aromatic carbocycles. The summed E-state index contributed by atoms with van der Waals surface area (Å²) in [5.74, 6) is 4.67. The minimum Gasteiger partial charge on any atom is -0.388 e. The van der Waals surface area contributed by atoms with Crippen LogP contribution in [0.5, 0.6) is 0 Å². The topological polar surface area (TPSA) is 175 Å². The molecule has 0 unspecified atom stereocenters. The summed E-state index contributed by atoms with van der Waals surface area (Å²) in [6.45, 7) is 2.27. The van der Waals surface area contributed by atoms with E-state index in [1.165, 1.54) is 10.9 Å². The Bertz CT molecular complexity index is 1420. The number of hydrogen-bond acceptors (Lipinski definition) is 8. The summed E-state index contributed by atoms with van der Waals surface area (Å²) in [5.41, 5.74) is 0.620. The molecule has 1 saturated heterocycles. The molecule has 224 valence electrons.